The molecule has 1 amide bonds. The van der Waals surface area contributed by atoms with E-state index in [9.17, 15) is 4.79 Å². The summed E-state index contributed by atoms with van der Waals surface area (Å²) in [6.07, 6.45) is 8.72. The summed E-state index contributed by atoms with van der Waals surface area (Å²) in [5, 5.41) is 3.16. The molecule has 2 saturated carbocycles. The third-order valence-electron chi connectivity index (χ3n) is 6.29. The highest BCUT2D eigenvalue weighted by molar-refractivity contribution is 5.92. The average Bonchev–Trinajstić information content (AvgIpc) is 3.26. The van der Waals surface area contributed by atoms with Gasteiger partial charge in [-0.3, -0.25) is 4.79 Å². The normalized spacial score (nSPS) is 29.3. The summed E-state index contributed by atoms with van der Waals surface area (Å²) in [6, 6.07) is 6.46. The van der Waals surface area contributed by atoms with Gasteiger partial charge in [-0.05, 0) is 80.5 Å². The van der Waals surface area contributed by atoms with Gasteiger partial charge in [-0.2, -0.15) is 0 Å². The number of aryl methyl sites for hydroxylation is 1. The molecule has 3 aliphatic rings. The summed E-state index contributed by atoms with van der Waals surface area (Å²) in [7, 11) is 0. The van der Waals surface area contributed by atoms with Crippen LogP contribution in [0.15, 0.2) is 18.2 Å². The topological polar surface area (TPSA) is 32.3 Å². The van der Waals surface area contributed by atoms with Gasteiger partial charge in [-0.25, -0.2) is 0 Å². The molecule has 1 heterocycles. The third kappa shape index (κ3) is 3.11. The quantitative estimate of drug-likeness (QED) is 0.896. The first-order valence-electron chi connectivity index (χ1n) is 9.34. The number of carbonyl (C=O) groups excluding carboxylic acids is 1. The van der Waals surface area contributed by atoms with Crippen molar-refractivity contribution in [3.8, 4) is 0 Å². The smallest absolute Gasteiger partial charge is 0.224 e. The van der Waals surface area contributed by atoms with Gasteiger partial charge in [0.2, 0.25) is 5.91 Å². The van der Waals surface area contributed by atoms with E-state index in [1.54, 1.807) is 0 Å². The third-order valence-corrected chi connectivity index (χ3v) is 6.29. The van der Waals surface area contributed by atoms with Gasteiger partial charge in [0.25, 0.3) is 0 Å². The predicted octanol–water partition coefficient (Wildman–Crippen LogP) is 4.36. The Balaban J connectivity index is 1.37. The number of hydrogen-bond donors (Lipinski definition) is 1. The molecule has 3 atom stereocenters. The lowest BCUT2D eigenvalue weighted by Gasteiger charge is -2.22. The zero-order valence-electron chi connectivity index (χ0n) is 14.2. The van der Waals surface area contributed by atoms with E-state index >= 15 is 0 Å². The molecule has 0 aromatic heterocycles. The fourth-order valence-corrected chi connectivity index (χ4v) is 5.03. The van der Waals surface area contributed by atoms with Crippen LogP contribution in [0.2, 0.25) is 0 Å². The molecule has 3 unspecified atom stereocenters. The lowest BCUT2D eigenvalue weighted by molar-refractivity contribution is -0.117. The Labute approximate surface area is 139 Å². The second kappa shape index (κ2) is 6.18. The van der Waals surface area contributed by atoms with Crippen molar-refractivity contribution in [3.63, 3.8) is 0 Å². The van der Waals surface area contributed by atoms with Crippen LogP contribution in [0.25, 0.3) is 0 Å². The molecule has 1 saturated heterocycles. The van der Waals surface area contributed by atoms with Crippen LogP contribution in [0.1, 0.15) is 50.5 Å². The van der Waals surface area contributed by atoms with Crippen molar-refractivity contribution < 1.29 is 4.79 Å². The Hall–Kier alpha value is -1.51. The van der Waals surface area contributed by atoms with Crippen LogP contribution in [0.3, 0.4) is 0 Å². The number of fused-ring (bicyclic) bond motifs is 2. The first-order valence-corrected chi connectivity index (χ1v) is 9.34. The molecule has 0 radical (unpaired) electrons. The van der Waals surface area contributed by atoms with E-state index in [0.29, 0.717) is 12.3 Å². The van der Waals surface area contributed by atoms with E-state index in [1.165, 1.54) is 49.8 Å². The molecule has 3 fully saturated rings. The maximum atomic E-state index is 12.4. The molecular formula is C20H28N2O. The molecule has 2 aliphatic carbocycles. The van der Waals surface area contributed by atoms with Gasteiger partial charge in [0.05, 0.1) is 0 Å². The molecule has 3 nitrogen and oxygen atoms in total. The zero-order chi connectivity index (χ0) is 15.8. The van der Waals surface area contributed by atoms with Crippen molar-refractivity contribution >= 4 is 17.3 Å². The van der Waals surface area contributed by atoms with Crippen LogP contribution < -0.4 is 10.2 Å². The highest BCUT2D eigenvalue weighted by atomic mass is 16.1. The Bertz CT molecular complexity index is 591. The van der Waals surface area contributed by atoms with E-state index in [1.807, 2.05) is 0 Å². The molecule has 4 rings (SSSR count). The molecule has 0 spiro atoms. The maximum Gasteiger partial charge on any atom is 0.224 e. The largest absolute Gasteiger partial charge is 0.372 e. The van der Waals surface area contributed by atoms with Crippen LogP contribution in [0, 0.1) is 24.7 Å². The summed E-state index contributed by atoms with van der Waals surface area (Å²) in [5.41, 5.74) is 3.46. The SMILES string of the molecule is Cc1cc(N2CCCC2)ccc1NC(=O)CC1CC2CCC1C2. The standard InChI is InChI=1S/C20H28N2O/c1-14-10-18(22-8-2-3-9-22)6-7-19(14)21-20(23)13-17-12-15-4-5-16(17)11-15/h6-7,10,15-17H,2-5,8-9,11-13H2,1H3,(H,21,23). The monoisotopic (exact) mass is 312 g/mol. The number of hydrogen-bond acceptors (Lipinski definition) is 2. The molecule has 1 aliphatic heterocycles. The van der Waals surface area contributed by atoms with Gasteiger partial charge in [0.15, 0.2) is 0 Å². The lowest BCUT2D eigenvalue weighted by atomic mass is 9.86. The van der Waals surface area contributed by atoms with E-state index in [4.69, 9.17) is 0 Å². The Morgan fingerprint density at radius 1 is 1.22 bits per heavy atom. The number of nitrogens with one attached hydrogen (secondary N) is 1. The van der Waals surface area contributed by atoms with Crippen LogP contribution >= 0.6 is 0 Å². The summed E-state index contributed by atoms with van der Waals surface area (Å²) in [6.45, 7) is 4.43. The summed E-state index contributed by atoms with van der Waals surface area (Å²) >= 11 is 0. The fourth-order valence-electron chi connectivity index (χ4n) is 5.03. The summed E-state index contributed by atoms with van der Waals surface area (Å²) in [4.78, 5) is 14.9. The first kappa shape index (κ1) is 15.0. The lowest BCUT2D eigenvalue weighted by Crippen LogP contribution is -2.21. The highest BCUT2D eigenvalue weighted by Crippen LogP contribution is 2.49. The molecule has 1 aromatic rings. The van der Waals surface area contributed by atoms with Crippen molar-refractivity contribution in [3.05, 3.63) is 23.8 Å². The second-order valence-electron chi connectivity index (χ2n) is 7.88. The van der Waals surface area contributed by atoms with Crippen molar-refractivity contribution in [2.24, 2.45) is 17.8 Å². The maximum absolute atomic E-state index is 12.4. The minimum absolute atomic E-state index is 0.208. The first-order chi connectivity index (χ1) is 11.2. The number of nitrogens with zero attached hydrogens (tertiary/aromatic N) is 1. The zero-order valence-corrected chi connectivity index (χ0v) is 14.2. The molecule has 23 heavy (non-hydrogen) atoms. The summed E-state index contributed by atoms with van der Waals surface area (Å²) in [5.74, 6) is 2.58. The summed E-state index contributed by atoms with van der Waals surface area (Å²) < 4.78 is 0. The molecule has 2 bridgehead atoms. The minimum Gasteiger partial charge on any atom is -0.372 e. The van der Waals surface area contributed by atoms with E-state index in [0.717, 1.165) is 30.6 Å². The predicted molar refractivity (Wildman–Crippen MR) is 94.8 cm³/mol. The van der Waals surface area contributed by atoms with E-state index in [-0.39, 0.29) is 5.91 Å². The van der Waals surface area contributed by atoms with E-state index in [2.05, 4.69) is 35.3 Å². The van der Waals surface area contributed by atoms with Crippen molar-refractivity contribution in [1.29, 1.82) is 0 Å². The Morgan fingerprint density at radius 2 is 2.04 bits per heavy atom. The Morgan fingerprint density at radius 3 is 2.70 bits per heavy atom. The van der Waals surface area contributed by atoms with Crippen LogP contribution in [-0.2, 0) is 4.79 Å². The minimum atomic E-state index is 0.208. The van der Waals surface area contributed by atoms with Gasteiger partial charge in [-0.1, -0.05) is 6.42 Å². The van der Waals surface area contributed by atoms with Crippen LogP contribution in [0.4, 0.5) is 11.4 Å². The molecule has 1 aromatic carbocycles. The van der Waals surface area contributed by atoms with Gasteiger partial charge in [-0.15, -0.1) is 0 Å². The van der Waals surface area contributed by atoms with Crippen molar-refractivity contribution in [1.82, 2.24) is 0 Å². The van der Waals surface area contributed by atoms with E-state index < -0.39 is 0 Å². The molecule has 1 N–H and O–H groups in total. The van der Waals surface area contributed by atoms with Crippen LogP contribution in [-0.4, -0.2) is 19.0 Å². The highest BCUT2D eigenvalue weighted by Gasteiger charge is 2.40. The number of amides is 1. The number of rotatable bonds is 4. The van der Waals surface area contributed by atoms with Gasteiger partial charge in [0.1, 0.15) is 0 Å². The van der Waals surface area contributed by atoms with Gasteiger partial charge < -0.3 is 10.2 Å². The Kier molecular flexibility index (Phi) is 4.04. The molecule has 3 heteroatoms. The van der Waals surface area contributed by atoms with Crippen LogP contribution in [0.5, 0.6) is 0 Å². The molecule has 124 valence electrons. The molecular weight excluding hydrogens is 284 g/mol. The van der Waals surface area contributed by atoms with Gasteiger partial charge >= 0.3 is 0 Å². The number of carbonyl (C=O) groups is 1. The number of anilines is 2. The second-order valence-corrected chi connectivity index (χ2v) is 7.88. The van der Waals surface area contributed by atoms with Gasteiger partial charge in [0, 0.05) is 30.9 Å². The number of benzene rings is 1. The fraction of sp³-hybridized carbons (Fsp3) is 0.650. The van der Waals surface area contributed by atoms with Crippen molar-refractivity contribution in [2.45, 2.75) is 51.9 Å². The van der Waals surface area contributed by atoms with Crippen molar-refractivity contribution in [2.75, 3.05) is 23.3 Å². The average molecular weight is 312 g/mol.